The summed E-state index contributed by atoms with van der Waals surface area (Å²) < 4.78 is 16.7. The Morgan fingerprint density at radius 3 is 0.925 bits per heavy atom. The summed E-state index contributed by atoms with van der Waals surface area (Å²) in [4.78, 5) is 37.6. The van der Waals surface area contributed by atoms with Gasteiger partial charge in [-0.1, -0.05) is 220 Å². The monoisotopic (exact) mass is 751 g/mol. The first kappa shape index (κ1) is 51.4. The van der Waals surface area contributed by atoms with Gasteiger partial charge in [0.05, 0.1) is 0 Å². The van der Waals surface area contributed by atoms with Gasteiger partial charge in [0.15, 0.2) is 6.10 Å². The summed E-state index contributed by atoms with van der Waals surface area (Å²) in [6.07, 6.45) is 40.9. The molecule has 0 aliphatic carbocycles. The maximum absolute atomic E-state index is 12.6. The normalized spacial score (nSPS) is 11.9. The van der Waals surface area contributed by atoms with Crippen LogP contribution in [0.2, 0.25) is 0 Å². The molecule has 0 spiro atoms. The predicted molar refractivity (Wildman–Crippen MR) is 224 cm³/mol. The topological polar surface area (TPSA) is 78.9 Å². The van der Waals surface area contributed by atoms with E-state index in [0.29, 0.717) is 19.3 Å². The standard InChI is InChI=1S/C47H90O6/c1-5-7-9-11-13-21-26-30-34-38-45(48)51-41-44(53-47(50)40-36-32-28-22-14-12-10-8-6-2)42-52-46(49)39-35-31-27-24-20-18-16-15-17-19-23-25-29-33-37-43(3)4/h43-44H,5-42H2,1-4H3/t44-/m0/s1. The second kappa shape index (κ2) is 41.6. The van der Waals surface area contributed by atoms with Crippen LogP contribution in [0.15, 0.2) is 0 Å². The van der Waals surface area contributed by atoms with Gasteiger partial charge in [-0.05, 0) is 25.2 Å². The van der Waals surface area contributed by atoms with E-state index in [-0.39, 0.29) is 31.1 Å². The van der Waals surface area contributed by atoms with E-state index in [0.717, 1.165) is 63.7 Å². The van der Waals surface area contributed by atoms with E-state index in [1.807, 2.05) is 0 Å². The lowest BCUT2D eigenvalue weighted by molar-refractivity contribution is -0.167. The van der Waals surface area contributed by atoms with Gasteiger partial charge in [-0.25, -0.2) is 0 Å². The maximum Gasteiger partial charge on any atom is 0.306 e. The first-order chi connectivity index (χ1) is 25.9. The molecule has 1 atom stereocenters. The Kier molecular flexibility index (Phi) is 40.3. The first-order valence-corrected chi connectivity index (χ1v) is 23.4. The minimum atomic E-state index is -0.758. The third-order valence-electron chi connectivity index (χ3n) is 10.5. The molecule has 6 nitrogen and oxygen atoms in total. The molecule has 0 unspecified atom stereocenters. The maximum atomic E-state index is 12.6. The fraction of sp³-hybridized carbons (Fsp3) is 0.936. The zero-order valence-electron chi connectivity index (χ0n) is 36.0. The van der Waals surface area contributed by atoms with Crippen molar-refractivity contribution in [3.63, 3.8) is 0 Å². The van der Waals surface area contributed by atoms with Crippen LogP contribution in [0, 0.1) is 5.92 Å². The number of rotatable bonds is 42. The first-order valence-electron chi connectivity index (χ1n) is 23.4. The van der Waals surface area contributed by atoms with Crippen molar-refractivity contribution in [2.24, 2.45) is 5.92 Å². The van der Waals surface area contributed by atoms with E-state index < -0.39 is 6.10 Å². The fourth-order valence-electron chi connectivity index (χ4n) is 6.98. The predicted octanol–water partition coefficient (Wildman–Crippen LogP) is 14.7. The Morgan fingerprint density at radius 1 is 0.358 bits per heavy atom. The molecule has 6 heteroatoms. The Morgan fingerprint density at radius 2 is 0.623 bits per heavy atom. The minimum absolute atomic E-state index is 0.0637. The van der Waals surface area contributed by atoms with Crippen molar-refractivity contribution >= 4 is 17.9 Å². The summed E-state index contributed by atoms with van der Waals surface area (Å²) in [6, 6.07) is 0. The average Bonchev–Trinajstić information content (AvgIpc) is 3.14. The molecule has 0 aliphatic heterocycles. The van der Waals surface area contributed by atoms with Crippen molar-refractivity contribution in [1.82, 2.24) is 0 Å². The highest BCUT2D eigenvalue weighted by Crippen LogP contribution is 2.16. The number of esters is 3. The van der Waals surface area contributed by atoms with E-state index in [1.165, 1.54) is 154 Å². The quantitative estimate of drug-likeness (QED) is 0.0351. The van der Waals surface area contributed by atoms with E-state index in [1.54, 1.807) is 0 Å². The lowest BCUT2D eigenvalue weighted by Gasteiger charge is -2.18. The van der Waals surface area contributed by atoms with Crippen molar-refractivity contribution in [2.75, 3.05) is 13.2 Å². The van der Waals surface area contributed by atoms with Crippen LogP contribution in [-0.2, 0) is 28.6 Å². The Labute approximate surface area is 329 Å². The summed E-state index contributed by atoms with van der Waals surface area (Å²) in [6.45, 7) is 8.98. The van der Waals surface area contributed by atoms with E-state index in [9.17, 15) is 14.4 Å². The fourth-order valence-corrected chi connectivity index (χ4v) is 6.98. The third-order valence-corrected chi connectivity index (χ3v) is 10.5. The lowest BCUT2D eigenvalue weighted by atomic mass is 10.0. The number of carbonyl (C=O) groups is 3. The van der Waals surface area contributed by atoms with Crippen LogP contribution < -0.4 is 0 Å². The molecule has 0 saturated carbocycles. The molecule has 0 N–H and O–H groups in total. The van der Waals surface area contributed by atoms with Gasteiger partial charge in [0.1, 0.15) is 13.2 Å². The molecule has 0 saturated heterocycles. The molecular formula is C47H90O6. The summed E-state index contributed by atoms with van der Waals surface area (Å²) in [7, 11) is 0. The molecule has 0 amide bonds. The second-order valence-corrected chi connectivity index (χ2v) is 16.5. The molecule has 0 heterocycles. The third kappa shape index (κ3) is 41.4. The van der Waals surface area contributed by atoms with Gasteiger partial charge >= 0.3 is 17.9 Å². The van der Waals surface area contributed by atoms with Crippen molar-refractivity contribution in [1.29, 1.82) is 0 Å². The van der Waals surface area contributed by atoms with Crippen molar-refractivity contribution in [3.05, 3.63) is 0 Å². The van der Waals surface area contributed by atoms with Crippen LogP contribution in [0.25, 0.3) is 0 Å². The van der Waals surface area contributed by atoms with Crippen LogP contribution >= 0.6 is 0 Å². The Hall–Kier alpha value is -1.59. The number of hydrogen-bond acceptors (Lipinski definition) is 6. The molecule has 314 valence electrons. The molecule has 0 aliphatic rings. The molecule has 0 aromatic carbocycles. The van der Waals surface area contributed by atoms with Crippen LogP contribution in [0.3, 0.4) is 0 Å². The summed E-state index contributed by atoms with van der Waals surface area (Å²) >= 11 is 0. The number of carbonyl (C=O) groups excluding carboxylic acids is 3. The smallest absolute Gasteiger partial charge is 0.306 e. The molecule has 0 fully saturated rings. The van der Waals surface area contributed by atoms with E-state index in [2.05, 4.69) is 27.7 Å². The molecule has 0 bridgehead atoms. The Bertz CT molecular complexity index is 796. The number of hydrogen-bond donors (Lipinski definition) is 0. The van der Waals surface area contributed by atoms with Gasteiger partial charge in [-0.3, -0.25) is 14.4 Å². The van der Waals surface area contributed by atoms with Crippen molar-refractivity contribution in [2.45, 2.75) is 265 Å². The van der Waals surface area contributed by atoms with Crippen molar-refractivity contribution < 1.29 is 28.6 Å². The van der Waals surface area contributed by atoms with Gasteiger partial charge in [0, 0.05) is 19.3 Å². The van der Waals surface area contributed by atoms with Crippen LogP contribution in [-0.4, -0.2) is 37.2 Å². The highest BCUT2D eigenvalue weighted by atomic mass is 16.6. The van der Waals surface area contributed by atoms with Gasteiger partial charge < -0.3 is 14.2 Å². The van der Waals surface area contributed by atoms with Crippen LogP contribution in [0.4, 0.5) is 0 Å². The van der Waals surface area contributed by atoms with Gasteiger partial charge in [0.2, 0.25) is 0 Å². The summed E-state index contributed by atoms with van der Waals surface area (Å²) in [5.41, 5.74) is 0. The van der Waals surface area contributed by atoms with Gasteiger partial charge in [0.25, 0.3) is 0 Å². The molecule has 0 rings (SSSR count). The lowest BCUT2D eigenvalue weighted by Crippen LogP contribution is -2.30. The zero-order valence-corrected chi connectivity index (χ0v) is 36.0. The van der Waals surface area contributed by atoms with Crippen molar-refractivity contribution in [3.8, 4) is 0 Å². The summed E-state index contributed by atoms with van der Waals surface area (Å²) in [5, 5.41) is 0. The Balaban J connectivity index is 4.22. The van der Waals surface area contributed by atoms with Crippen LogP contribution in [0.1, 0.15) is 259 Å². The average molecular weight is 751 g/mol. The summed E-state index contributed by atoms with van der Waals surface area (Å²) in [5.74, 6) is -0.0122. The SMILES string of the molecule is CCCCCCCCCCCC(=O)OC[C@@H](COC(=O)CCCCCCCCCCCCCCCCC(C)C)OC(=O)CCCCCCCCCCC. The highest BCUT2D eigenvalue weighted by molar-refractivity contribution is 5.71. The molecule has 0 radical (unpaired) electrons. The number of unbranched alkanes of at least 4 members (excludes halogenated alkanes) is 29. The van der Waals surface area contributed by atoms with Gasteiger partial charge in [-0.15, -0.1) is 0 Å². The number of ether oxygens (including phenoxy) is 3. The zero-order chi connectivity index (χ0) is 38.9. The molecular weight excluding hydrogens is 661 g/mol. The molecule has 0 aromatic heterocycles. The van der Waals surface area contributed by atoms with E-state index >= 15 is 0 Å². The van der Waals surface area contributed by atoms with Crippen LogP contribution in [0.5, 0.6) is 0 Å². The minimum Gasteiger partial charge on any atom is -0.462 e. The molecule has 0 aromatic rings. The highest BCUT2D eigenvalue weighted by Gasteiger charge is 2.19. The largest absolute Gasteiger partial charge is 0.462 e. The molecule has 53 heavy (non-hydrogen) atoms. The van der Waals surface area contributed by atoms with Gasteiger partial charge in [-0.2, -0.15) is 0 Å². The second-order valence-electron chi connectivity index (χ2n) is 16.5. The van der Waals surface area contributed by atoms with E-state index in [4.69, 9.17) is 14.2 Å².